The molecule has 16 heteroatoms. The second kappa shape index (κ2) is 25.5. The molecule has 0 aromatic heterocycles. The second-order valence-electron chi connectivity index (χ2n) is 3.60. The lowest BCUT2D eigenvalue weighted by atomic mass is 10.3. The predicted molar refractivity (Wildman–Crippen MR) is 145 cm³/mol. The third kappa shape index (κ3) is 38.8. The molecule has 1 N–H and O–H groups in total. The third-order valence-electron chi connectivity index (χ3n) is 1.81. The molecule has 0 aromatic rings. The van der Waals surface area contributed by atoms with Crippen LogP contribution < -0.4 is 4.34 Å². The van der Waals surface area contributed by atoms with Crippen LogP contribution in [0.5, 0.6) is 0 Å². The number of rotatable bonds is 9. The van der Waals surface area contributed by atoms with Crippen LogP contribution in [-0.4, -0.2) is 45.1 Å². The summed E-state index contributed by atoms with van der Waals surface area (Å²) in [6, 6.07) is 0.536. The fourth-order valence-corrected chi connectivity index (χ4v) is 5.67. The molecule has 1 unspecified atom stereocenters. The van der Waals surface area contributed by atoms with Crippen LogP contribution in [0.1, 0.15) is 21.3 Å². The highest BCUT2D eigenvalue weighted by atomic mass is 79.9. The average molecular weight is 843 g/mol. The Morgan fingerprint density at radius 1 is 0.846 bits per heavy atom. The van der Waals surface area contributed by atoms with Crippen LogP contribution in [0.25, 0.3) is 0 Å². The van der Waals surface area contributed by atoms with Gasteiger partial charge in [-0.1, -0.05) is 78.6 Å². The molecule has 4 nitrogen and oxygen atoms in total. The summed E-state index contributed by atoms with van der Waals surface area (Å²) >= 11 is 41.1. The summed E-state index contributed by atoms with van der Waals surface area (Å²) in [5, 5.41) is 0.235. The Morgan fingerprint density at radius 2 is 1.19 bits per heavy atom. The zero-order valence-electron chi connectivity index (χ0n) is 12.0. The molecule has 0 fully saturated rings. The molecule has 0 aliphatic carbocycles. The van der Waals surface area contributed by atoms with Crippen molar-refractivity contribution in [3.8, 4) is 0 Å². The summed E-state index contributed by atoms with van der Waals surface area (Å²) in [6.07, 6.45) is 1.14. The van der Waals surface area contributed by atoms with Gasteiger partial charge in [0.2, 0.25) is 0 Å². The molecular formula is C10H24Br5Cl5N2O2P2. The Hall–Kier alpha value is 4.23. The molecule has 0 saturated carbocycles. The molecule has 0 heterocycles. The van der Waals surface area contributed by atoms with Gasteiger partial charge in [0.1, 0.15) is 0 Å². The quantitative estimate of drug-likeness (QED) is 0.143. The van der Waals surface area contributed by atoms with Gasteiger partial charge in [0.15, 0.2) is 0 Å². The zero-order chi connectivity index (χ0) is 19.8. The van der Waals surface area contributed by atoms with E-state index in [4.69, 9.17) is 22.5 Å². The molecule has 1 atom stereocenters. The number of nitrogens with zero attached hydrogens (tertiary/aromatic N) is 1. The van der Waals surface area contributed by atoms with Gasteiger partial charge in [-0.2, -0.15) is 0 Å². The van der Waals surface area contributed by atoms with Gasteiger partial charge in [-0.3, -0.25) is 13.5 Å². The maximum absolute atomic E-state index is 11.1. The Bertz CT molecular complexity index is 363. The van der Waals surface area contributed by atoms with E-state index < -0.39 is 11.2 Å². The molecule has 0 bridgehead atoms. The van der Waals surface area contributed by atoms with Crippen LogP contribution in [0.2, 0.25) is 0 Å². The van der Waals surface area contributed by atoms with Crippen LogP contribution in [0.3, 0.4) is 0 Å². The van der Waals surface area contributed by atoms with Crippen molar-refractivity contribution in [3.63, 3.8) is 0 Å². The van der Waals surface area contributed by atoms with Gasteiger partial charge >= 0.3 is 11.2 Å². The van der Waals surface area contributed by atoms with Crippen molar-refractivity contribution < 1.29 is 9.13 Å². The van der Waals surface area contributed by atoms with Crippen molar-refractivity contribution >= 4 is 147 Å². The van der Waals surface area contributed by atoms with Gasteiger partial charge in [0.05, 0.1) is 0 Å². The lowest BCUT2D eigenvalue weighted by molar-refractivity contribution is 0.473. The fourth-order valence-electron chi connectivity index (χ4n) is 0.832. The van der Waals surface area contributed by atoms with Crippen molar-refractivity contribution in [2.24, 2.45) is 0 Å². The zero-order valence-corrected chi connectivity index (χ0v) is 25.5. The van der Waals surface area contributed by atoms with Gasteiger partial charge in [0.25, 0.3) is 0 Å². The van der Waals surface area contributed by atoms with E-state index in [1.54, 1.807) is 4.67 Å². The normalized spacial score (nSPS) is 11.8. The van der Waals surface area contributed by atoms with Crippen molar-refractivity contribution in [2.75, 3.05) is 34.4 Å². The largest absolute Gasteiger partial charge is 0.339 e. The van der Waals surface area contributed by atoms with Crippen molar-refractivity contribution in [3.05, 3.63) is 0 Å². The van der Waals surface area contributed by atoms with Crippen LogP contribution in [0.15, 0.2) is 0 Å². The van der Waals surface area contributed by atoms with Crippen molar-refractivity contribution in [1.29, 1.82) is 0 Å². The van der Waals surface area contributed by atoms with E-state index in [2.05, 4.69) is 118 Å². The molecule has 0 aromatic carbocycles. The number of nitrogens with one attached hydrogen (secondary N) is 1. The van der Waals surface area contributed by atoms with E-state index in [1.165, 1.54) is 0 Å². The highest BCUT2D eigenvalue weighted by Crippen LogP contribution is 2.61. The van der Waals surface area contributed by atoms with E-state index in [0.717, 1.165) is 17.1 Å². The lowest BCUT2D eigenvalue weighted by Crippen LogP contribution is -2.21. The van der Waals surface area contributed by atoms with Crippen LogP contribution in [0, 0.1) is 0 Å². The Kier molecular flexibility index (Phi) is 39.8. The molecular weight excluding hydrogens is 819 g/mol. The molecule has 0 spiro atoms. The summed E-state index contributed by atoms with van der Waals surface area (Å²) < 4.78 is 25.2. The summed E-state index contributed by atoms with van der Waals surface area (Å²) in [6.45, 7) is 1.19. The number of hydrogen-bond acceptors (Lipinski definition) is 3. The first kappa shape index (κ1) is 40.6. The van der Waals surface area contributed by atoms with Crippen LogP contribution in [-0.2, 0) is 9.13 Å². The van der Waals surface area contributed by atoms with Gasteiger partial charge in [0, 0.05) is 56.6 Å². The molecule has 0 aliphatic heterocycles. The van der Waals surface area contributed by atoms with E-state index in [1.807, 2.05) is 0 Å². The van der Waals surface area contributed by atoms with E-state index in [0.29, 0.717) is 29.8 Å². The monoisotopic (exact) mass is 836 g/mol. The molecule has 26 heavy (non-hydrogen) atoms. The van der Waals surface area contributed by atoms with E-state index >= 15 is 0 Å². The minimum Gasteiger partial charge on any atom is -0.271 e. The SMILES string of the molecule is BrCCC(CBr)NBr.C.C.O=P(Cl)(Cl)Cl.O=P(Cl)(Cl)N(CCBr)CCBr. The maximum Gasteiger partial charge on any atom is 0.339 e. The highest BCUT2D eigenvalue weighted by Gasteiger charge is 2.23. The molecule has 0 radical (unpaired) electrons. The molecule has 0 amide bonds. The van der Waals surface area contributed by atoms with E-state index in [-0.39, 0.29) is 14.9 Å². The summed E-state index contributed by atoms with van der Waals surface area (Å²) in [4.78, 5) is 0. The Balaban J connectivity index is -0.0000000872. The predicted octanol–water partition coefficient (Wildman–Crippen LogP) is 10.2. The van der Waals surface area contributed by atoms with Gasteiger partial charge in [-0.25, -0.2) is 4.67 Å². The molecule has 0 saturated heterocycles. The smallest absolute Gasteiger partial charge is 0.271 e. The molecule has 0 aliphatic rings. The summed E-state index contributed by atoms with van der Waals surface area (Å²) in [5.74, 6) is -3.09. The van der Waals surface area contributed by atoms with Crippen LogP contribution >= 0.6 is 147 Å². The Labute approximate surface area is 224 Å². The molecule has 166 valence electrons. The van der Waals surface area contributed by atoms with Crippen molar-refractivity contribution in [1.82, 2.24) is 9.01 Å². The van der Waals surface area contributed by atoms with Gasteiger partial charge in [-0.05, 0) is 62.6 Å². The highest BCUT2D eigenvalue weighted by molar-refractivity contribution is 9.10. The fraction of sp³-hybridized carbons (Fsp3) is 1.00. The first-order valence-electron chi connectivity index (χ1n) is 5.91. The number of alkyl halides is 4. The minimum absolute atomic E-state index is 0. The Morgan fingerprint density at radius 3 is 1.31 bits per heavy atom. The standard InChI is InChI=1S/C4H8Br3N.C4H8Br2Cl2NOP.2CH4.Cl3OP/c5-2-1-4(3-6)8-7;5-1-3-9(4-2-6)11(7,8)10;;;1-5(2,3)4/h4,8H,1-3H2;1-4H2;2*1H4;. The topological polar surface area (TPSA) is 49.4 Å². The average Bonchev–Trinajstić information content (AvgIpc) is 2.42. The number of halogens is 10. The van der Waals surface area contributed by atoms with Gasteiger partial charge in [-0.15, -0.1) is 0 Å². The summed E-state index contributed by atoms with van der Waals surface area (Å²) in [7, 11) is 0. The minimum atomic E-state index is -3.22. The lowest BCUT2D eigenvalue weighted by Gasteiger charge is -2.19. The first-order chi connectivity index (χ1) is 10.9. The maximum atomic E-state index is 11.1. The van der Waals surface area contributed by atoms with Crippen molar-refractivity contribution in [2.45, 2.75) is 27.3 Å². The first-order valence-corrected chi connectivity index (χ1v) is 19.1. The van der Waals surface area contributed by atoms with E-state index in [9.17, 15) is 9.13 Å². The number of hydrogen-bond donors (Lipinski definition) is 1. The van der Waals surface area contributed by atoms with Crippen LogP contribution in [0.4, 0.5) is 0 Å². The van der Waals surface area contributed by atoms with Gasteiger partial charge < -0.3 is 0 Å². The summed E-state index contributed by atoms with van der Waals surface area (Å²) in [5.41, 5.74) is 0. The second-order valence-corrected chi connectivity index (χ2v) is 18.4. The molecule has 0 rings (SSSR count). The third-order valence-corrected chi connectivity index (χ3v) is 6.75.